The van der Waals surface area contributed by atoms with Crippen molar-refractivity contribution in [1.82, 2.24) is 5.32 Å². The lowest BCUT2D eigenvalue weighted by molar-refractivity contribution is -0.147. The average Bonchev–Trinajstić information content (AvgIpc) is 2.48. The summed E-state index contributed by atoms with van der Waals surface area (Å²) in [6, 6.07) is 5.36. The quantitative estimate of drug-likeness (QED) is 0.519. The molecular weight excluding hydrogens is 358 g/mol. The van der Waals surface area contributed by atoms with Gasteiger partial charge in [-0.25, -0.2) is 0 Å². The van der Waals surface area contributed by atoms with Gasteiger partial charge in [0.15, 0.2) is 0 Å². The highest BCUT2D eigenvalue weighted by Crippen LogP contribution is 2.31. The second kappa shape index (κ2) is 9.35. The molecule has 0 amide bonds. The van der Waals surface area contributed by atoms with E-state index in [2.05, 4.69) is 5.32 Å². The molecule has 1 aromatic rings. The van der Waals surface area contributed by atoms with Crippen molar-refractivity contribution in [3.05, 3.63) is 34.9 Å². The Morgan fingerprint density at radius 1 is 1.00 bits per heavy atom. The molecule has 0 bridgehead atoms. The number of aliphatic carboxylic acids is 2. The normalized spacial score (nSPS) is 13.0. The summed E-state index contributed by atoms with van der Waals surface area (Å²) in [5.74, 6) is -1.83. The number of hydrogen-bond acceptors (Lipinski definition) is 4. The van der Waals surface area contributed by atoms with Crippen LogP contribution in [-0.4, -0.2) is 40.9 Å². The SMILES string of the molecule is CNCC(O)c1ccc(CC(C)(C)C(=O)O)c(CC(C)(C)C(=O)O)c1.Cl. The van der Waals surface area contributed by atoms with E-state index in [1.807, 2.05) is 0 Å². The predicted octanol–water partition coefficient (Wildman–Crippen LogP) is 2.67. The van der Waals surface area contributed by atoms with E-state index in [0.717, 1.165) is 11.1 Å². The van der Waals surface area contributed by atoms with Gasteiger partial charge in [-0.3, -0.25) is 9.59 Å². The van der Waals surface area contributed by atoms with E-state index in [-0.39, 0.29) is 25.2 Å². The molecular formula is C19H30ClNO5. The topological polar surface area (TPSA) is 107 Å². The third kappa shape index (κ3) is 6.27. The number of hydrogen-bond donors (Lipinski definition) is 4. The van der Waals surface area contributed by atoms with Gasteiger partial charge in [-0.2, -0.15) is 0 Å². The molecule has 1 atom stereocenters. The van der Waals surface area contributed by atoms with Crippen LogP contribution in [0, 0.1) is 10.8 Å². The molecule has 1 rings (SSSR count). The van der Waals surface area contributed by atoms with Gasteiger partial charge in [0.25, 0.3) is 0 Å². The minimum atomic E-state index is -0.991. The van der Waals surface area contributed by atoms with Crippen molar-refractivity contribution >= 4 is 24.3 Å². The number of benzene rings is 1. The molecule has 1 unspecified atom stereocenters. The summed E-state index contributed by atoms with van der Waals surface area (Å²) in [7, 11) is 1.74. The summed E-state index contributed by atoms with van der Waals surface area (Å²) < 4.78 is 0. The summed E-state index contributed by atoms with van der Waals surface area (Å²) >= 11 is 0. The van der Waals surface area contributed by atoms with Gasteiger partial charge in [0, 0.05) is 6.54 Å². The third-order valence-corrected chi connectivity index (χ3v) is 4.44. The van der Waals surface area contributed by atoms with Crippen molar-refractivity contribution in [2.75, 3.05) is 13.6 Å². The number of nitrogens with one attached hydrogen (secondary N) is 1. The molecule has 0 heterocycles. The van der Waals surface area contributed by atoms with Crippen molar-refractivity contribution in [3.8, 4) is 0 Å². The summed E-state index contributed by atoms with van der Waals surface area (Å²) in [4.78, 5) is 22.9. The Morgan fingerprint density at radius 2 is 1.46 bits per heavy atom. The van der Waals surface area contributed by atoms with Crippen molar-refractivity contribution in [2.24, 2.45) is 10.8 Å². The molecule has 0 aromatic heterocycles. The minimum absolute atomic E-state index is 0. The van der Waals surface area contributed by atoms with Crippen molar-refractivity contribution in [3.63, 3.8) is 0 Å². The molecule has 26 heavy (non-hydrogen) atoms. The number of carboxylic acids is 2. The van der Waals surface area contributed by atoms with Crippen LogP contribution in [0.4, 0.5) is 0 Å². The van der Waals surface area contributed by atoms with Crippen LogP contribution >= 0.6 is 12.4 Å². The predicted molar refractivity (Wildman–Crippen MR) is 103 cm³/mol. The largest absolute Gasteiger partial charge is 0.481 e. The lowest BCUT2D eigenvalue weighted by Crippen LogP contribution is -2.29. The summed E-state index contributed by atoms with van der Waals surface area (Å²) in [5.41, 5.74) is 0.279. The minimum Gasteiger partial charge on any atom is -0.481 e. The molecule has 0 fully saturated rings. The van der Waals surface area contributed by atoms with E-state index < -0.39 is 28.9 Å². The zero-order valence-electron chi connectivity index (χ0n) is 16.0. The fourth-order valence-electron chi connectivity index (χ4n) is 2.60. The second-order valence-corrected chi connectivity index (χ2v) is 7.83. The molecule has 0 aliphatic heterocycles. The van der Waals surface area contributed by atoms with Crippen molar-refractivity contribution < 1.29 is 24.9 Å². The van der Waals surface area contributed by atoms with E-state index in [0.29, 0.717) is 12.1 Å². The van der Waals surface area contributed by atoms with Gasteiger partial charge < -0.3 is 20.6 Å². The number of likely N-dealkylation sites (N-methyl/N-ethyl adjacent to an activating group) is 1. The number of carboxylic acid groups (broad SMARTS) is 2. The maximum Gasteiger partial charge on any atom is 0.309 e. The van der Waals surface area contributed by atoms with Gasteiger partial charge in [-0.15, -0.1) is 12.4 Å². The maximum absolute atomic E-state index is 11.5. The second-order valence-electron chi connectivity index (χ2n) is 7.83. The first-order valence-electron chi connectivity index (χ1n) is 8.32. The first kappa shape index (κ1) is 24.4. The van der Waals surface area contributed by atoms with Crippen LogP contribution in [0.15, 0.2) is 18.2 Å². The van der Waals surface area contributed by atoms with Gasteiger partial charge in [0.2, 0.25) is 0 Å². The summed E-state index contributed by atoms with van der Waals surface area (Å²) in [6.07, 6.45) is -0.165. The molecule has 0 saturated heterocycles. The fraction of sp³-hybridized carbons (Fsp3) is 0.579. The highest BCUT2D eigenvalue weighted by molar-refractivity contribution is 5.85. The van der Waals surface area contributed by atoms with Crippen molar-refractivity contribution in [1.29, 1.82) is 0 Å². The van der Waals surface area contributed by atoms with Crippen LogP contribution in [0.25, 0.3) is 0 Å². The molecule has 0 radical (unpaired) electrons. The number of aliphatic hydroxyl groups is 1. The standard InChI is InChI=1S/C19H29NO5.ClH/c1-18(2,16(22)23)9-13-7-6-12(15(21)11-20-5)8-14(13)10-19(3,4)17(24)25;/h6-8,15,20-21H,9-11H2,1-5H3,(H,22,23)(H,24,25);1H. The van der Waals surface area contributed by atoms with E-state index in [9.17, 15) is 24.9 Å². The number of halogens is 1. The lowest BCUT2D eigenvalue weighted by Gasteiger charge is -2.25. The van der Waals surface area contributed by atoms with E-state index in [1.165, 1.54) is 0 Å². The zero-order chi connectivity index (χ0) is 19.4. The van der Waals surface area contributed by atoms with E-state index >= 15 is 0 Å². The Bertz CT molecular complexity index is 643. The van der Waals surface area contributed by atoms with Crippen LogP contribution in [0.2, 0.25) is 0 Å². The smallest absolute Gasteiger partial charge is 0.309 e. The number of carbonyl (C=O) groups is 2. The highest BCUT2D eigenvalue weighted by Gasteiger charge is 2.32. The van der Waals surface area contributed by atoms with E-state index in [4.69, 9.17) is 0 Å². The first-order valence-corrected chi connectivity index (χ1v) is 8.32. The Balaban J connectivity index is 0.00000625. The average molecular weight is 388 g/mol. The van der Waals surface area contributed by atoms with Gasteiger partial charge in [-0.05, 0) is 64.3 Å². The molecule has 0 aliphatic carbocycles. The lowest BCUT2D eigenvalue weighted by atomic mass is 9.79. The van der Waals surface area contributed by atoms with Crippen LogP contribution < -0.4 is 5.32 Å². The number of rotatable bonds is 9. The molecule has 0 aliphatic rings. The molecule has 0 spiro atoms. The monoisotopic (exact) mass is 387 g/mol. The summed E-state index contributed by atoms with van der Waals surface area (Å²) in [5, 5.41) is 31.9. The Labute approximate surface area is 161 Å². The maximum atomic E-state index is 11.5. The molecule has 6 nitrogen and oxygen atoms in total. The Kier molecular flexibility index (Phi) is 8.76. The van der Waals surface area contributed by atoms with Gasteiger partial charge in [-0.1, -0.05) is 18.2 Å². The number of aliphatic hydroxyl groups excluding tert-OH is 1. The zero-order valence-corrected chi connectivity index (χ0v) is 16.8. The Hall–Kier alpha value is -1.63. The first-order chi connectivity index (χ1) is 11.4. The van der Waals surface area contributed by atoms with E-state index in [1.54, 1.807) is 52.9 Å². The molecule has 1 aromatic carbocycles. The molecule has 4 N–H and O–H groups in total. The van der Waals surface area contributed by atoms with Crippen molar-refractivity contribution in [2.45, 2.75) is 46.6 Å². The van der Waals surface area contributed by atoms with Crippen LogP contribution in [0.5, 0.6) is 0 Å². The highest BCUT2D eigenvalue weighted by atomic mass is 35.5. The van der Waals surface area contributed by atoms with Gasteiger partial charge in [0.1, 0.15) is 0 Å². The van der Waals surface area contributed by atoms with Crippen LogP contribution in [0.1, 0.15) is 50.5 Å². The van der Waals surface area contributed by atoms with Gasteiger partial charge in [0.05, 0.1) is 16.9 Å². The fourth-order valence-corrected chi connectivity index (χ4v) is 2.60. The molecule has 7 heteroatoms. The van der Waals surface area contributed by atoms with Crippen LogP contribution in [0.3, 0.4) is 0 Å². The third-order valence-electron chi connectivity index (χ3n) is 4.44. The summed E-state index contributed by atoms with van der Waals surface area (Å²) in [6.45, 7) is 6.94. The molecule has 0 saturated carbocycles. The van der Waals surface area contributed by atoms with Gasteiger partial charge >= 0.3 is 11.9 Å². The van der Waals surface area contributed by atoms with Crippen LogP contribution in [-0.2, 0) is 22.4 Å². The molecule has 148 valence electrons. The Morgan fingerprint density at radius 3 is 1.88 bits per heavy atom.